The van der Waals surface area contributed by atoms with Gasteiger partial charge in [-0.25, -0.2) is 12.7 Å². The minimum Gasteiger partial charge on any atom is -0.213 e. The van der Waals surface area contributed by atoms with Gasteiger partial charge in [0.05, 0.1) is 6.26 Å². The summed E-state index contributed by atoms with van der Waals surface area (Å²) in [7, 11) is -3.01. The van der Waals surface area contributed by atoms with Crippen molar-refractivity contribution < 1.29 is 8.42 Å². The minimum atomic E-state index is -3.01. The molecule has 1 aliphatic heterocycles. The first-order valence-corrected chi connectivity index (χ1v) is 8.39. The monoisotopic (exact) mass is 267 g/mol. The summed E-state index contributed by atoms with van der Waals surface area (Å²) in [5.41, 5.74) is 1.34. The summed E-state index contributed by atoms with van der Waals surface area (Å²) in [6, 6.07) is 10.4. The maximum atomic E-state index is 11.5. The minimum absolute atomic E-state index is 0.508. The summed E-state index contributed by atoms with van der Waals surface area (Å²) >= 11 is 0. The van der Waals surface area contributed by atoms with E-state index in [4.69, 9.17) is 0 Å². The molecule has 0 spiro atoms. The Morgan fingerprint density at radius 3 is 2.67 bits per heavy atom. The Balaban J connectivity index is 1.87. The molecule has 1 aromatic rings. The van der Waals surface area contributed by atoms with Crippen molar-refractivity contribution in [2.45, 2.75) is 25.7 Å². The molecule has 0 N–H and O–H groups in total. The number of sulfonamides is 1. The van der Waals surface area contributed by atoms with Gasteiger partial charge in [0.15, 0.2) is 0 Å². The van der Waals surface area contributed by atoms with E-state index in [1.807, 2.05) is 6.07 Å². The third-order valence-corrected chi connectivity index (χ3v) is 4.90. The molecular formula is C14H21NO2S. The van der Waals surface area contributed by atoms with Crippen molar-refractivity contribution in [1.29, 1.82) is 0 Å². The van der Waals surface area contributed by atoms with Crippen LogP contribution < -0.4 is 0 Å². The van der Waals surface area contributed by atoms with Crippen LogP contribution in [0.3, 0.4) is 0 Å². The van der Waals surface area contributed by atoms with Crippen LogP contribution in [0.1, 0.15) is 24.8 Å². The largest absolute Gasteiger partial charge is 0.213 e. The molecule has 0 saturated carbocycles. The standard InChI is InChI=1S/C14H21NO2S/c1-18(16,17)15-11-5-8-14(12-15)10-9-13-6-3-2-4-7-13/h2-4,6-7,14H,5,8-12H2,1H3. The zero-order chi connectivity index (χ0) is 13.0. The lowest BCUT2D eigenvalue weighted by Gasteiger charge is -2.30. The van der Waals surface area contributed by atoms with Crippen LogP contribution in [0.15, 0.2) is 30.3 Å². The zero-order valence-corrected chi connectivity index (χ0v) is 11.7. The molecule has 1 saturated heterocycles. The van der Waals surface area contributed by atoms with Crippen molar-refractivity contribution >= 4 is 10.0 Å². The average Bonchev–Trinajstić information content (AvgIpc) is 2.37. The lowest BCUT2D eigenvalue weighted by Crippen LogP contribution is -2.39. The van der Waals surface area contributed by atoms with Gasteiger partial charge in [0.2, 0.25) is 10.0 Å². The van der Waals surface area contributed by atoms with Gasteiger partial charge in [-0.3, -0.25) is 0 Å². The number of rotatable bonds is 4. The Morgan fingerprint density at radius 1 is 1.28 bits per heavy atom. The van der Waals surface area contributed by atoms with Crippen LogP contribution in [-0.4, -0.2) is 32.1 Å². The van der Waals surface area contributed by atoms with E-state index in [9.17, 15) is 8.42 Å². The van der Waals surface area contributed by atoms with Gasteiger partial charge >= 0.3 is 0 Å². The van der Waals surface area contributed by atoms with Gasteiger partial charge in [0.25, 0.3) is 0 Å². The van der Waals surface area contributed by atoms with Crippen molar-refractivity contribution in [2.24, 2.45) is 5.92 Å². The molecule has 0 bridgehead atoms. The first-order valence-electron chi connectivity index (χ1n) is 6.55. The van der Waals surface area contributed by atoms with Crippen LogP contribution in [0.5, 0.6) is 0 Å². The highest BCUT2D eigenvalue weighted by Gasteiger charge is 2.25. The Hall–Kier alpha value is -0.870. The Labute approximate surface area is 110 Å². The van der Waals surface area contributed by atoms with Gasteiger partial charge < -0.3 is 0 Å². The second-order valence-corrected chi connectivity index (χ2v) is 7.14. The van der Waals surface area contributed by atoms with Crippen LogP contribution in [0.25, 0.3) is 0 Å². The second kappa shape index (κ2) is 5.85. The molecule has 100 valence electrons. The molecule has 1 aliphatic rings. The van der Waals surface area contributed by atoms with Crippen LogP contribution >= 0.6 is 0 Å². The highest BCUT2D eigenvalue weighted by atomic mass is 32.2. The molecule has 0 aromatic heterocycles. The Kier molecular flexibility index (Phi) is 4.40. The van der Waals surface area contributed by atoms with E-state index >= 15 is 0 Å². The van der Waals surface area contributed by atoms with Gasteiger partial charge in [0.1, 0.15) is 0 Å². The predicted octanol–water partition coefficient (Wildman–Crippen LogP) is 2.29. The van der Waals surface area contributed by atoms with Crippen LogP contribution in [-0.2, 0) is 16.4 Å². The normalized spacial score (nSPS) is 21.9. The van der Waals surface area contributed by atoms with Crippen molar-refractivity contribution in [1.82, 2.24) is 4.31 Å². The van der Waals surface area contributed by atoms with Crippen LogP contribution in [0.4, 0.5) is 0 Å². The van der Waals surface area contributed by atoms with Crippen LogP contribution in [0, 0.1) is 5.92 Å². The fourth-order valence-electron chi connectivity index (χ4n) is 2.58. The highest BCUT2D eigenvalue weighted by Crippen LogP contribution is 2.22. The molecule has 0 amide bonds. The van der Waals surface area contributed by atoms with Gasteiger partial charge in [-0.15, -0.1) is 0 Å². The maximum Gasteiger partial charge on any atom is 0.211 e. The van der Waals surface area contributed by atoms with Crippen LogP contribution in [0.2, 0.25) is 0 Å². The third kappa shape index (κ3) is 3.82. The van der Waals surface area contributed by atoms with Gasteiger partial charge in [0, 0.05) is 13.1 Å². The van der Waals surface area contributed by atoms with Gasteiger partial charge in [-0.2, -0.15) is 0 Å². The molecule has 0 aliphatic carbocycles. The molecule has 3 nitrogen and oxygen atoms in total. The smallest absolute Gasteiger partial charge is 0.211 e. The average molecular weight is 267 g/mol. The van der Waals surface area contributed by atoms with Crippen molar-refractivity contribution in [3.8, 4) is 0 Å². The van der Waals surface area contributed by atoms with E-state index in [0.29, 0.717) is 19.0 Å². The maximum absolute atomic E-state index is 11.5. The SMILES string of the molecule is CS(=O)(=O)N1CCCC(CCc2ccccc2)C1. The number of aryl methyl sites for hydroxylation is 1. The van der Waals surface area contributed by atoms with E-state index in [1.165, 1.54) is 11.8 Å². The number of hydrogen-bond acceptors (Lipinski definition) is 2. The van der Waals surface area contributed by atoms with Gasteiger partial charge in [-0.1, -0.05) is 30.3 Å². The molecule has 1 fully saturated rings. The number of hydrogen-bond donors (Lipinski definition) is 0. The fourth-order valence-corrected chi connectivity index (χ4v) is 3.52. The molecule has 1 atom stereocenters. The number of nitrogens with zero attached hydrogens (tertiary/aromatic N) is 1. The highest BCUT2D eigenvalue weighted by molar-refractivity contribution is 7.88. The number of piperidine rings is 1. The van der Waals surface area contributed by atoms with Crippen molar-refractivity contribution in [2.75, 3.05) is 19.3 Å². The molecule has 1 unspecified atom stereocenters. The first-order chi connectivity index (χ1) is 8.55. The zero-order valence-electron chi connectivity index (χ0n) is 10.9. The molecule has 1 aromatic carbocycles. The van der Waals surface area contributed by atoms with E-state index in [1.54, 1.807) is 4.31 Å². The first kappa shape index (κ1) is 13.6. The van der Waals surface area contributed by atoms with Crippen molar-refractivity contribution in [3.63, 3.8) is 0 Å². The summed E-state index contributed by atoms with van der Waals surface area (Å²) in [5, 5.41) is 0. The summed E-state index contributed by atoms with van der Waals surface area (Å²) < 4.78 is 24.7. The predicted molar refractivity (Wildman–Crippen MR) is 73.9 cm³/mol. The molecule has 1 heterocycles. The van der Waals surface area contributed by atoms with Gasteiger partial charge in [-0.05, 0) is 37.2 Å². The lowest BCUT2D eigenvalue weighted by molar-refractivity contribution is 0.257. The van der Waals surface area contributed by atoms with E-state index < -0.39 is 10.0 Å². The summed E-state index contributed by atoms with van der Waals surface area (Å²) in [4.78, 5) is 0. The van der Waals surface area contributed by atoms with E-state index in [0.717, 1.165) is 25.7 Å². The topological polar surface area (TPSA) is 37.4 Å². The summed E-state index contributed by atoms with van der Waals surface area (Å²) in [6.45, 7) is 1.40. The molecule has 4 heteroatoms. The molecule has 2 rings (SSSR count). The third-order valence-electron chi connectivity index (χ3n) is 3.63. The fraction of sp³-hybridized carbons (Fsp3) is 0.571. The lowest BCUT2D eigenvalue weighted by atomic mass is 9.93. The molecular weight excluding hydrogens is 246 g/mol. The summed E-state index contributed by atoms with van der Waals surface area (Å²) in [6.07, 6.45) is 5.58. The quantitative estimate of drug-likeness (QED) is 0.839. The second-order valence-electron chi connectivity index (χ2n) is 5.15. The van der Waals surface area contributed by atoms with E-state index in [2.05, 4.69) is 24.3 Å². The van der Waals surface area contributed by atoms with Crippen molar-refractivity contribution in [3.05, 3.63) is 35.9 Å². The summed E-state index contributed by atoms with van der Waals surface area (Å²) in [5.74, 6) is 0.508. The molecule has 18 heavy (non-hydrogen) atoms. The van der Waals surface area contributed by atoms with E-state index in [-0.39, 0.29) is 0 Å². The molecule has 0 radical (unpaired) electrons. The number of benzene rings is 1. The Morgan fingerprint density at radius 2 is 2.00 bits per heavy atom. The Bertz CT molecular complexity index is 470.